The monoisotopic (exact) mass is 536 g/mol. The van der Waals surface area contributed by atoms with Gasteiger partial charge in [0.2, 0.25) is 0 Å². The molecule has 0 nitrogen and oxygen atoms in total. The molecule has 8 rings (SSSR count). The first-order chi connectivity index (χ1) is 19.2. The van der Waals surface area contributed by atoms with E-state index in [9.17, 15) is 0 Å². The summed E-state index contributed by atoms with van der Waals surface area (Å²) in [5.74, 6) is 0. The van der Waals surface area contributed by atoms with Crippen LogP contribution in [0.4, 0.5) is 0 Å². The SMILES string of the molecule is CC1(C)CCC(C)(C)c2c(-c3ccc4c(c3)C3(c5ccccc5-c5ccccc53)c3cc(Cl)ccc3-4)cccc21. The molecule has 3 aliphatic carbocycles. The maximum atomic E-state index is 6.75. The Morgan fingerprint density at radius 2 is 1.00 bits per heavy atom. The van der Waals surface area contributed by atoms with Gasteiger partial charge in [0.1, 0.15) is 0 Å². The predicted octanol–water partition coefficient (Wildman–Crippen LogP) is 10.7. The Hall–Kier alpha value is -3.61. The Kier molecular flexibility index (Phi) is 4.83. The molecule has 40 heavy (non-hydrogen) atoms. The van der Waals surface area contributed by atoms with E-state index >= 15 is 0 Å². The fraction of sp³-hybridized carbons (Fsp3) is 0.231. The van der Waals surface area contributed by atoms with Gasteiger partial charge in [-0.2, -0.15) is 0 Å². The molecule has 0 fully saturated rings. The fourth-order valence-electron chi connectivity index (χ4n) is 8.25. The second-order valence-electron chi connectivity index (χ2n) is 13.3. The first kappa shape index (κ1) is 24.2. The highest BCUT2D eigenvalue weighted by Gasteiger charge is 2.52. The summed E-state index contributed by atoms with van der Waals surface area (Å²) in [7, 11) is 0. The minimum Gasteiger partial charge on any atom is -0.0843 e. The van der Waals surface area contributed by atoms with Crippen molar-refractivity contribution >= 4 is 11.6 Å². The third-order valence-electron chi connectivity index (χ3n) is 10.2. The van der Waals surface area contributed by atoms with Crippen LogP contribution < -0.4 is 0 Å². The van der Waals surface area contributed by atoms with Crippen molar-refractivity contribution < 1.29 is 0 Å². The summed E-state index contributed by atoms with van der Waals surface area (Å²) < 4.78 is 0. The molecule has 3 aliphatic rings. The van der Waals surface area contributed by atoms with Gasteiger partial charge in [0.15, 0.2) is 0 Å². The summed E-state index contributed by atoms with van der Waals surface area (Å²) in [4.78, 5) is 0. The standard InChI is InChI=1S/C39H33Cl/c1-37(2)20-21-38(3,4)36-26(12-9-15-33(36)37)24-16-18-29-30-19-17-25(40)23-35(30)39(34(29)22-24)31-13-7-5-10-27(31)28-11-6-8-14-32(28)39/h5-19,22-23H,20-21H2,1-4H3. The van der Waals surface area contributed by atoms with Crippen LogP contribution in [0.1, 0.15) is 73.9 Å². The van der Waals surface area contributed by atoms with E-state index in [0.717, 1.165) is 5.02 Å². The van der Waals surface area contributed by atoms with Crippen molar-refractivity contribution in [3.8, 4) is 33.4 Å². The first-order valence-electron chi connectivity index (χ1n) is 14.5. The number of rotatable bonds is 1. The molecule has 5 aromatic rings. The van der Waals surface area contributed by atoms with E-state index in [2.05, 4.69) is 125 Å². The van der Waals surface area contributed by atoms with Crippen LogP contribution in [0.25, 0.3) is 33.4 Å². The number of benzene rings is 5. The Labute approximate surface area is 242 Å². The molecule has 0 unspecified atom stereocenters. The minimum atomic E-state index is -0.387. The van der Waals surface area contributed by atoms with Crippen LogP contribution in [-0.4, -0.2) is 0 Å². The minimum absolute atomic E-state index is 0.126. The third kappa shape index (κ3) is 2.98. The van der Waals surface area contributed by atoms with Gasteiger partial charge in [-0.3, -0.25) is 0 Å². The van der Waals surface area contributed by atoms with Gasteiger partial charge >= 0.3 is 0 Å². The number of hydrogen-bond donors (Lipinski definition) is 0. The molecule has 1 heteroatoms. The van der Waals surface area contributed by atoms with E-state index in [4.69, 9.17) is 11.6 Å². The highest BCUT2D eigenvalue weighted by Crippen LogP contribution is 2.63. The van der Waals surface area contributed by atoms with Crippen LogP contribution in [0.3, 0.4) is 0 Å². The van der Waals surface area contributed by atoms with Gasteiger partial charge in [0, 0.05) is 5.02 Å². The second kappa shape index (κ2) is 7.99. The molecule has 0 heterocycles. The lowest BCUT2D eigenvalue weighted by molar-refractivity contribution is 0.333. The Morgan fingerprint density at radius 1 is 0.475 bits per heavy atom. The lowest BCUT2D eigenvalue weighted by Crippen LogP contribution is -2.34. The lowest BCUT2D eigenvalue weighted by Gasteiger charge is -2.43. The lowest BCUT2D eigenvalue weighted by atomic mass is 9.61. The molecule has 0 aliphatic heterocycles. The summed E-state index contributed by atoms with van der Waals surface area (Å²) in [5.41, 5.74) is 16.2. The molecule has 1 spiro atoms. The average molecular weight is 537 g/mol. The molecule has 0 radical (unpaired) electrons. The van der Waals surface area contributed by atoms with Crippen molar-refractivity contribution in [3.05, 3.63) is 142 Å². The van der Waals surface area contributed by atoms with E-state index in [-0.39, 0.29) is 16.2 Å². The van der Waals surface area contributed by atoms with Crippen molar-refractivity contribution in [3.63, 3.8) is 0 Å². The molecule has 5 aromatic carbocycles. The summed E-state index contributed by atoms with van der Waals surface area (Å²) in [6, 6.07) is 38.7. The normalized spacial score (nSPS) is 18.0. The Bertz CT molecular complexity index is 1820. The maximum Gasteiger partial charge on any atom is 0.0726 e. The van der Waals surface area contributed by atoms with E-state index in [1.165, 1.54) is 79.6 Å². The highest BCUT2D eigenvalue weighted by molar-refractivity contribution is 6.30. The zero-order valence-electron chi connectivity index (χ0n) is 23.6. The molecule has 0 saturated heterocycles. The largest absolute Gasteiger partial charge is 0.0843 e. The van der Waals surface area contributed by atoms with Crippen LogP contribution in [0.2, 0.25) is 5.02 Å². The van der Waals surface area contributed by atoms with Gasteiger partial charge in [-0.05, 0) is 109 Å². The Balaban J connectivity index is 1.47. The quantitative estimate of drug-likeness (QED) is 0.196. The molecule has 0 atom stereocenters. The average Bonchev–Trinajstić information content (AvgIpc) is 3.42. The molecule has 196 valence electrons. The van der Waals surface area contributed by atoms with Crippen LogP contribution in [0.15, 0.2) is 103 Å². The van der Waals surface area contributed by atoms with E-state index in [1.54, 1.807) is 0 Å². The summed E-state index contributed by atoms with van der Waals surface area (Å²) in [6.45, 7) is 9.69. The van der Waals surface area contributed by atoms with Gasteiger partial charge in [-0.15, -0.1) is 0 Å². The van der Waals surface area contributed by atoms with Crippen molar-refractivity contribution in [2.24, 2.45) is 0 Å². The van der Waals surface area contributed by atoms with Crippen molar-refractivity contribution in [1.29, 1.82) is 0 Å². The molecule has 0 amide bonds. The second-order valence-corrected chi connectivity index (χ2v) is 13.7. The molecule has 0 N–H and O–H groups in total. The Morgan fingerprint density at radius 3 is 1.70 bits per heavy atom. The van der Waals surface area contributed by atoms with E-state index < -0.39 is 0 Å². The fourth-order valence-corrected chi connectivity index (χ4v) is 8.42. The molecular formula is C39H33Cl. The van der Waals surface area contributed by atoms with Gasteiger partial charge in [0.25, 0.3) is 0 Å². The van der Waals surface area contributed by atoms with Gasteiger partial charge < -0.3 is 0 Å². The summed E-state index contributed by atoms with van der Waals surface area (Å²) >= 11 is 6.75. The molecular weight excluding hydrogens is 504 g/mol. The summed E-state index contributed by atoms with van der Waals surface area (Å²) in [6.07, 6.45) is 2.41. The number of halogens is 1. The van der Waals surface area contributed by atoms with Crippen LogP contribution in [-0.2, 0) is 16.2 Å². The maximum absolute atomic E-state index is 6.75. The van der Waals surface area contributed by atoms with Crippen LogP contribution in [0, 0.1) is 0 Å². The van der Waals surface area contributed by atoms with E-state index in [1.807, 2.05) is 6.07 Å². The van der Waals surface area contributed by atoms with Crippen molar-refractivity contribution in [1.82, 2.24) is 0 Å². The third-order valence-corrected chi connectivity index (χ3v) is 10.4. The highest BCUT2D eigenvalue weighted by atomic mass is 35.5. The molecule has 0 aromatic heterocycles. The van der Waals surface area contributed by atoms with Gasteiger partial charge in [-0.1, -0.05) is 124 Å². The number of hydrogen-bond acceptors (Lipinski definition) is 0. The summed E-state index contributed by atoms with van der Waals surface area (Å²) in [5, 5.41) is 0.786. The molecule has 0 bridgehead atoms. The molecule has 0 saturated carbocycles. The van der Waals surface area contributed by atoms with Gasteiger partial charge in [-0.25, -0.2) is 0 Å². The predicted molar refractivity (Wildman–Crippen MR) is 168 cm³/mol. The zero-order valence-corrected chi connectivity index (χ0v) is 24.4. The van der Waals surface area contributed by atoms with Crippen molar-refractivity contribution in [2.75, 3.05) is 0 Å². The van der Waals surface area contributed by atoms with Crippen LogP contribution in [0.5, 0.6) is 0 Å². The van der Waals surface area contributed by atoms with Gasteiger partial charge in [0.05, 0.1) is 5.41 Å². The smallest absolute Gasteiger partial charge is 0.0726 e. The first-order valence-corrected chi connectivity index (χ1v) is 14.9. The van der Waals surface area contributed by atoms with Crippen molar-refractivity contribution in [2.45, 2.75) is 56.8 Å². The number of fused-ring (bicyclic) bond motifs is 11. The topological polar surface area (TPSA) is 0 Å². The van der Waals surface area contributed by atoms with E-state index in [0.29, 0.717) is 0 Å². The van der Waals surface area contributed by atoms with Crippen LogP contribution >= 0.6 is 11.6 Å². The zero-order chi connectivity index (χ0) is 27.4.